The third-order valence-corrected chi connectivity index (χ3v) is 5.30. The molecule has 3 atom stereocenters. The average Bonchev–Trinajstić information content (AvgIpc) is 3.26. The summed E-state index contributed by atoms with van der Waals surface area (Å²) < 4.78 is 22.9. The minimum absolute atomic E-state index is 0.0152. The fourth-order valence-corrected chi connectivity index (χ4v) is 3.88. The van der Waals surface area contributed by atoms with Gasteiger partial charge in [-0.15, -0.1) is 0 Å². The minimum Gasteiger partial charge on any atom is -0.469 e. The fourth-order valence-electron chi connectivity index (χ4n) is 3.88. The first-order valence-electron chi connectivity index (χ1n) is 10.3. The van der Waals surface area contributed by atoms with E-state index in [-0.39, 0.29) is 30.4 Å². The van der Waals surface area contributed by atoms with Crippen molar-refractivity contribution in [1.29, 1.82) is 0 Å². The Balaban J connectivity index is 1.27. The summed E-state index contributed by atoms with van der Waals surface area (Å²) in [7, 11) is 0. The van der Waals surface area contributed by atoms with Gasteiger partial charge in [-0.2, -0.15) is 4.98 Å². The van der Waals surface area contributed by atoms with Crippen molar-refractivity contribution < 1.29 is 23.7 Å². The molecule has 0 bridgehead atoms. The number of carbonyl (C=O) groups is 1. The number of hydrogen-bond acceptors (Lipinski definition) is 8. The molecule has 1 aromatic heterocycles. The van der Waals surface area contributed by atoms with Gasteiger partial charge in [0, 0.05) is 38.0 Å². The number of likely N-dealkylation sites (tertiary alicyclic amines) is 1. The number of carbonyl (C=O) groups excluding carboxylic acids is 1. The van der Waals surface area contributed by atoms with Crippen molar-refractivity contribution in [3.05, 3.63) is 12.3 Å². The topological polar surface area (TPSA) is 95.0 Å². The molecule has 0 saturated carbocycles. The van der Waals surface area contributed by atoms with E-state index in [2.05, 4.69) is 15.3 Å². The van der Waals surface area contributed by atoms with Crippen LogP contribution >= 0.6 is 0 Å². The number of nitrogens with zero attached hydrogens (tertiary/aromatic N) is 3. The third-order valence-electron chi connectivity index (χ3n) is 5.30. The lowest BCUT2D eigenvalue weighted by Gasteiger charge is -2.33. The van der Waals surface area contributed by atoms with E-state index in [0.29, 0.717) is 38.1 Å². The van der Waals surface area contributed by atoms with E-state index in [9.17, 15) is 4.79 Å². The molecular formula is C20H30N4O5. The molecular weight excluding hydrogens is 376 g/mol. The van der Waals surface area contributed by atoms with Gasteiger partial charge in [0.05, 0.1) is 12.7 Å². The monoisotopic (exact) mass is 406 g/mol. The summed E-state index contributed by atoms with van der Waals surface area (Å²) >= 11 is 0. The van der Waals surface area contributed by atoms with Gasteiger partial charge in [0.2, 0.25) is 11.8 Å². The van der Waals surface area contributed by atoms with E-state index in [1.165, 1.54) is 0 Å². The molecule has 0 aromatic carbocycles. The predicted octanol–water partition coefficient (Wildman–Crippen LogP) is 2.22. The second kappa shape index (κ2) is 8.31. The van der Waals surface area contributed by atoms with Gasteiger partial charge in [0.1, 0.15) is 11.7 Å². The highest BCUT2D eigenvalue weighted by Crippen LogP contribution is 2.29. The number of fused-ring (bicyclic) bond motifs is 1. The van der Waals surface area contributed by atoms with Crippen LogP contribution in [0.4, 0.5) is 10.7 Å². The van der Waals surface area contributed by atoms with Crippen LogP contribution in [0.2, 0.25) is 0 Å². The lowest BCUT2D eigenvalue weighted by Crippen LogP contribution is -2.44. The smallest absolute Gasteiger partial charge is 0.410 e. The second-order valence-electron chi connectivity index (χ2n) is 8.76. The zero-order chi connectivity index (χ0) is 20.4. The number of aromatic nitrogens is 2. The number of nitrogens with one attached hydrogen (secondary N) is 1. The minimum atomic E-state index is -0.478. The van der Waals surface area contributed by atoms with Crippen LogP contribution in [0.15, 0.2) is 12.3 Å². The van der Waals surface area contributed by atoms with Crippen LogP contribution < -0.4 is 10.1 Å². The Kier molecular flexibility index (Phi) is 5.78. The molecule has 160 valence electrons. The lowest BCUT2D eigenvalue weighted by molar-refractivity contribution is 0.0210. The average molecular weight is 406 g/mol. The second-order valence-corrected chi connectivity index (χ2v) is 8.76. The van der Waals surface area contributed by atoms with Gasteiger partial charge < -0.3 is 29.2 Å². The van der Waals surface area contributed by atoms with Crippen LogP contribution in [0.1, 0.15) is 40.0 Å². The molecule has 3 aliphatic heterocycles. The molecule has 9 heteroatoms. The third kappa shape index (κ3) is 5.08. The van der Waals surface area contributed by atoms with Gasteiger partial charge in [-0.1, -0.05) is 0 Å². The molecule has 3 fully saturated rings. The van der Waals surface area contributed by atoms with Crippen LogP contribution in [-0.4, -0.2) is 77.2 Å². The summed E-state index contributed by atoms with van der Waals surface area (Å²) in [6.07, 6.45) is 3.94. The van der Waals surface area contributed by atoms with Crippen molar-refractivity contribution in [2.45, 2.75) is 70.0 Å². The molecule has 0 radical (unpaired) electrons. The maximum absolute atomic E-state index is 12.2. The van der Waals surface area contributed by atoms with E-state index in [1.54, 1.807) is 17.2 Å². The maximum atomic E-state index is 12.2. The molecule has 1 aromatic rings. The van der Waals surface area contributed by atoms with Gasteiger partial charge in [-0.05, 0) is 40.0 Å². The standard InChI is InChI=1S/C20H30N4O5/c1-20(2,3)29-19(25)24-9-5-13(6-10-24)22-18-21-8-4-16(23-18)28-15-12-27-14-7-11-26-17(14)15/h4,8,13-15,17H,5-7,9-12H2,1-3H3,(H,21,22,23)/t14-,15+,17+/m1/s1. The van der Waals surface area contributed by atoms with E-state index in [0.717, 1.165) is 19.3 Å². The van der Waals surface area contributed by atoms with Crippen molar-refractivity contribution >= 4 is 12.0 Å². The molecule has 4 rings (SSSR count). The highest BCUT2D eigenvalue weighted by Gasteiger charge is 2.43. The van der Waals surface area contributed by atoms with Crippen molar-refractivity contribution in [1.82, 2.24) is 14.9 Å². The van der Waals surface area contributed by atoms with Gasteiger partial charge in [-0.3, -0.25) is 0 Å². The fraction of sp³-hybridized carbons (Fsp3) is 0.750. The summed E-state index contributed by atoms with van der Waals surface area (Å²) in [5.74, 6) is 1.04. The molecule has 4 heterocycles. The molecule has 3 aliphatic rings. The van der Waals surface area contributed by atoms with E-state index in [1.807, 2.05) is 20.8 Å². The largest absolute Gasteiger partial charge is 0.469 e. The van der Waals surface area contributed by atoms with Crippen LogP contribution in [0, 0.1) is 0 Å². The number of rotatable bonds is 4. The van der Waals surface area contributed by atoms with Gasteiger partial charge in [0.15, 0.2) is 6.10 Å². The number of ether oxygens (including phenoxy) is 4. The molecule has 1 N–H and O–H groups in total. The lowest BCUT2D eigenvalue weighted by atomic mass is 10.1. The summed E-state index contributed by atoms with van der Waals surface area (Å²) in [6.45, 7) is 8.15. The zero-order valence-corrected chi connectivity index (χ0v) is 17.3. The highest BCUT2D eigenvalue weighted by molar-refractivity contribution is 5.68. The van der Waals surface area contributed by atoms with Crippen molar-refractivity contribution in [2.24, 2.45) is 0 Å². The summed E-state index contributed by atoms with van der Waals surface area (Å²) in [4.78, 5) is 22.7. The summed E-state index contributed by atoms with van der Waals surface area (Å²) in [5.41, 5.74) is -0.478. The Morgan fingerprint density at radius 2 is 2.03 bits per heavy atom. The first kappa shape index (κ1) is 20.2. The van der Waals surface area contributed by atoms with Crippen molar-refractivity contribution in [3.63, 3.8) is 0 Å². The molecule has 0 unspecified atom stereocenters. The van der Waals surface area contributed by atoms with Crippen LogP contribution in [0.3, 0.4) is 0 Å². The SMILES string of the molecule is CC(C)(C)OC(=O)N1CCC(Nc2nccc(O[C@H]3CO[C@@H]4CCO[C@H]34)n2)CC1. The molecule has 0 spiro atoms. The summed E-state index contributed by atoms with van der Waals surface area (Å²) in [5, 5.41) is 3.36. The van der Waals surface area contributed by atoms with Gasteiger partial charge in [-0.25, -0.2) is 9.78 Å². The van der Waals surface area contributed by atoms with Crippen LogP contribution in [0.5, 0.6) is 5.88 Å². The predicted molar refractivity (Wildman–Crippen MR) is 105 cm³/mol. The van der Waals surface area contributed by atoms with Gasteiger partial charge in [0.25, 0.3) is 0 Å². The Hall–Kier alpha value is -2.13. The van der Waals surface area contributed by atoms with E-state index >= 15 is 0 Å². The zero-order valence-electron chi connectivity index (χ0n) is 17.3. The van der Waals surface area contributed by atoms with E-state index < -0.39 is 5.60 Å². The Labute approximate surface area is 171 Å². The van der Waals surface area contributed by atoms with E-state index in [4.69, 9.17) is 18.9 Å². The van der Waals surface area contributed by atoms with Crippen LogP contribution in [-0.2, 0) is 14.2 Å². The molecule has 9 nitrogen and oxygen atoms in total. The highest BCUT2D eigenvalue weighted by atomic mass is 16.6. The first-order valence-corrected chi connectivity index (χ1v) is 10.3. The molecule has 3 saturated heterocycles. The van der Waals surface area contributed by atoms with Crippen LogP contribution in [0.25, 0.3) is 0 Å². The molecule has 0 aliphatic carbocycles. The number of amides is 1. The Morgan fingerprint density at radius 1 is 1.24 bits per heavy atom. The van der Waals surface area contributed by atoms with Crippen molar-refractivity contribution in [3.8, 4) is 5.88 Å². The Bertz CT molecular complexity index is 717. The maximum Gasteiger partial charge on any atom is 0.410 e. The molecule has 29 heavy (non-hydrogen) atoms. The normalized spacial score (nSPS) is 27.6. The number of piperidine rings is 1. The molecule has 1 amide bonds. The number of anilines is 1. The number of hydrogen-bond donors (Lipinski definition) is 1. The quantitative estimate of drug-likeness (QED) is 0.813. The Morgan fingerprint density at radius 3 is 2.79 bits per heavy atom. The summed E-state index contributed by atoms with van der Waals surface area (Å²) in [6, 6.07) is 1.94. The first-order chi connectivity index (χ1) is 13.9. The van der Waals surface area contributed by atoms with Crippen molar-refractivity contribution in [2.75, 3.05) is 31.6 Å². The van der Waals surface area contributed by atoms with Gasteiger partial charge >= 0.3 is 6.09 Å².